The van der Waals surface area contributed by atoms with E-state index in [1.165, 1.54) is 0 Å². The van der Waals surface area contributed by atoms with Gasteiger partial charge in [0, 0.05) is 6.54 Å². The van der Waals surface area contributed by atoms with Crippen molar-refractivity contribution in [2.45, 2.75) is 12.9 Å². The molecule has 0 unspecified atom stereocenters. The van der Waals surface area contributed by atoms with Crippen molar-refractivity contribution in [2.75, 3.05) is 5.73 Å². The number of ether oxygens (including phenoxy) is 1. The van der Waals surface area contributed by atoms with Crippen LogP contribution in [0.2, 0.25) is 0 Å². The highest BCUT2D eigenvalue weighted by atomic mass is 19.4. The highest BCUT2D eigenvalue weighted by Crippen LogP contribution is 2.28. The number of aldehydes is 1. The molecule has 1 rings (SSSR count). The number of aromatic nitrogens is 1. The third-order valence-electron chi connectivity index (χ3n) is 1.68. The number of alkyl halides is 3. The van der Waals surface area contributed by atoms with Gasteiger partial charge in [0.25, 0.3) is 0 Å². The fraction of sp³-hybridized carbons (Fsp3) is 0.250. The number of carbonyl (C=O) groups excluding carboxylic acids is 1. The number of anilines is 1. The van der Waals surface area contributed by atoms with E-state index in [2.05, 4.69) is 9.72 Å². The van der Waals surface area contributed by atoms with Gasteiger partial charge in [-0.2, -0.15) is 0 Å². The molecule has 0 spiro atoms. The molecule has 0 saturated heterocycles. The number of nitrogen functional groups attached to an aromatic ring is 1. The maximum atomic E-state index is 11.9. The molecule has 0 bridgehead atoms. The lowest BCUT2D eigenvalue weighted by Crippen LogP contribution is -2.19. The van der Waals surface area contributed by atoms with Gasteiger partial charge in [0.05, 0.1) is 0 Å². The lowest BCUT2D eigenvalue weighted by atomic mass is 10.2. The minimum Gasteiger partial charge on any atom is -0.402 e. The number of carbonyl (C=O) groups is 1. The molecular formula is C8H8F3N3O2. The van der Waals surface area contributed by atoms with Gasteiger partial charge in [0.1, 0.15) is 5.69 Å². The molecule has 88 valence electrons. The zero-order chi connectivity index (χ0) is 12.3. The van der Waals surface area contributed by atoms with E-state index < -0.39 is 17.9 Å². The van der Waals surface area contributed by atoms with Crippen molar-refractivity contribution < 1.29 is 22.7 Å². The normalized spacial score (nSPS) is 11.2. The van der Waals surface area contributed by atoms with Crippen molar-refractivity contribution in [3.8, 4) is 5.75 Å². The van der Waals surface area contributed by atoms with Crippen LogP contribution in [0.5, 0.6) is 5.75 Å². The Morgan fingerprint density at radius 3 is 2.56 bits per heavy atom. The summed E-state index contributed by atoms with van der Waals surface area (Å²) in [6, 6.07) is 0.944. The van der Waals surface area contributed by atoms with Gasteiger partial charge in [0.15, 0.2) is 17.9 Å². The second kappa shape index (κ2) is 4.35. The van der Waals surface area contributed by atoms with Crippen LogP contribution in [0.1, 0.15) is 16.1 Å². The smallest absolute Gasteiger partial charge is 0.402 e. The first-order valence-corrected chi connectivity index (χ1v) is 4.07. The van der Waals surface area contributed by atoms with E-state index in [4.69, 9.17) is 11.5 Å². The van der Waals surface area contributed by atoms with Crippen LogP contribution < -0.4 is 16.2 Å². The highest BCUT2D eigenvalue weighted by molar-refractivity contribution is 5.76. The molecule has 16 heavy (non-hydrogen) atoms. The van der Waals surface area contributed by atoms with Crippen LogP contribution in [0, 0.1) is 0 Å². The van der Waals surface area contributed by atoms with Crippen LogP contribution in [-0.2, 0) is 6.54 Å². The monoisotopic (exact) mass is 235 g/mol. The maximum absolute atomic E-state index is 11.9. The first-order valence-electron chi connectivity index (χ1n) is 4.07. The molecule has 0 fully saturated rings. The zero-order valence-electron chi connectivity index (χ0n) is 7.91. The first-order chi connectivity index (χ1) is 7.37. The molecule has 0 saturated carbocycles. The number of nitrogens with zero attached hydrogens (tertiary/aromatic N) is 1. The Labute approximate surface area is 88.2 Å². The summed E-state index contributed by atoms with van der Waals surface area (Å²) in [4.78, 5) is 13.9. The van der Waals surface area contributed by atoms with Gasteiger partial charge >= 0.3 is 6.36 Å². The van der Waals surface area contributed by atoms with Crippen molar-refractivity contribution in [3.05, 3.63) is 17.3 Å². The van der Waals surface area contributed by atoms with Crippen LogP contribution in [0.15, 0.2) is 6.07 Å². The summed E-state index contributed by atoms with van der Waals surface area (Å²) >= 11 is 0. The Kier molecular flexibility index (Phi) is 3.33. The topological polar surface area (TPSA) is 91.2 Å². The number of hydrogen-bond donors (Lipinski definition) is 2. The van der Waals surface area contributed by atoms with Gasteiger partial charge in [-0.25, -0.2) is 4.98 Å². The van der Waals surface area contributed by atoms with Crippen molar-refractivity contribution in [1.82, 2.24) is 4.98 Å². The van der Waals surface area contributed by atoms with E-state index in [1.807, 2.05) is 0 Å². The van der Waals surface area contributed by atoms with Gasteiger partial charge in [0.2, 0.25) is 0 Å². The third-order valence-corrected chi connectivity index (χ3v) is 1.68. The molecular weight excluding hydrogens is 227 g/mol. The Morgan fingerprint density at radius 1 is 1.50 bits per heavy atom. The quantitative estimate of drug-likeness (QED) is 0.757. The zero-order valence-corrected chi connectivity index (χ0v) is 7.91. The van der Waals surface area contributed by atoms with Gasteiger partial charge in [-0.05, 0) is 11.6 Å². The summed E-state index contributed by atoms with van der Waals surface area (Å²) in [5, 5.41) is 0. The molecule has 0 radical (unpaired) electrons. The Balaban J connectivity index is 3.16. The molecule has 4 N–H and O–H groups in total. The second-order valence-corrected chi connectivity index (χ2v) is 2.79. The average Bonchev–Trinajstić information content (AvgIpc) is 2.18. The first kappa shape index (κ1) is 12.2. The third kappa shape index (κ3) is 2.83. The van der Waals surface area contributed by atoms with Gasteiger partial charge < -0.3 is 16.2 Å². The molecule has 0 aliphatic rings. The summed E-state index contributed by atoms with van der Waals surface area (Å²) in [5.41, 5.74) is 10.5. The number of rotatable bonds is 3. The van der Waals surface area contributed by atoms with Crippen LogP contribution in [0.3, 0.4) is 0 Å². The fourth-order valence-corrected chi connectivity index (χ4v) is 1.03. The highest BCUT2D eigenvalue weighted by Gasteiger charge is 2.32. The predicted molar refractivity (Wildman–Crippen MR) is 48.6 cm³/mol. The molecule has 0 aromatic carbocycles. The minimum absolute atomic E-state index is 0.102. The molecule has 1 heterocycles. The molecule has 0 aliphatic heterocycles. The molecule has 0 aliphatic carbocycles. The Hall–Kier alpha value is -1.83. The van der Waals surface area contributed by atoms with E-state index >= 15 is 0 Å². The summed E-state index contributed by atoms with van der Waals surface area (Å²) in [6.07, 6.45) is -4.51. The molecule has 0 amide bonds. The van der Waals surface area contributed by atoms with Crippen LogP contribution in [-0.4, -0.2) is 17.6 Å². The SMILES string of the molecule is NCc1cc(OC(F)(F)F)c(N)nc1C=O. The molecule has 8 heteroatoms. The van der Waals surface area contributed by atoms with Gasteiger partial charge in [-0.15, -0.1) is 13.2 Å². The fourth-order valence-electron chi connectivity index (χ4n) is 1.03. The molecule has 1 aromatic heterocycles. The minimum atomic E-state index is -4.87. The standard InChI is InChI=1S/C8H8F3N3O2/c9-8(10,11)16-6-1-4(2-12)5(3-15)14-7(6)13/h1,3H,2,12H2,(H2,13,14). The van der Waals surface area contributed by atoms with Crippen LogP contribution >= 0.6 is 0 Å². The second-order valence-electron chi connectivity index (χ2n) is 2.79. The maximum Gasteiger partial charge on any atom is 0.573 e. The molecule has 0 atom stereocenters. The molecule has 5 nitrogen and oxygen atoms in total. The predicted octanol–water partition coefficient (Wildman–Crippen LogP) is 0.834. The van der Waals surface area contributed by atoms with Gasteiger partial charge in [-0.1, -0.05) is 0 Å². The lowest BCUT2D eigenvalue weighted by molar-refractivity contribution is -0.274. The van der Waals surface area contributed by atoms with E-state index in [9.17, 15) is 18.0 Å². The van der Waals surface area contributed by atoms with Crippen molar-refractivity contribution in [1.29, 1.82) is 0 Å². The van der Waals surface area contributed by atoms with Gasteiger partial charge in [-0.3, -0.25) is 4.79 Å². The van der Waals surface area contributed by atoms with Crippen molar-refractivity contribution >= 4 is 12.1 Å². The number of halogens is 3. The Morgan fingerprint density at radius 2 is 2.12 bits per heavy atom. The van der Waals surface area contributed by atoms with Crippen molar-refractivity contribution in [2.24, 2.45) is 5.73 Å². The summed E-state index contributed by atoms with van der Waals surface area (Å²) in [5.74, 6) is -1.19. The van der Waals surface area contributed by atoms with E-state index in [1.54, 1.807) is 0 Å². The van der Waals surface area contributed by atoms with Crippen LogP contribution in [0.25, 0.3) is 0 Å². The lowest BCUT2D eigenvalue weighted by Gasteiger charge is -2.12. The largest absolute Gasteiger partial charge is 0.573 e. The average molecular weight is 235 g/mol. The summed E-state index contributed by atoms with van der Waals surface area (Å²) in [7, 11) is 0. The van der Waals surface area contributed by atoms with E-state index in [0.717, 1.165) is 6.07 Å². The molecule has 1 aromatic rings. The van der Waals surface area contributed by atoms with E-state index in [-0.39, 0.29) is 17.8 Å². The number of pyridine rings is 1. The number of nitrogens with two attached hydrogens (primary N) is 2. The van der Waals surface area contributed by atoms with Crippen molar-refractivity contribution in [3.63, 3.8) is 0 Å². The summed E-state index contributed by atoms with van der Waals surface area (Å²) < 4.78 is 39.4. The number of hydrogen-bond acceptors (Lipinski definition) is 5. The van der Waals surface area contributed by atoms with Crippen LogP contribution in [0.4, 0.5) is 19.0 Å². The van der Waals surface area contributed by atoms with E-state index in [0.29, 0.717) is 6.29 Å². The Bertz CT molecular complexity index is 406. The summed E-state index contributed by atoms with van der Waals surface area (Å²) in [6.45, 7) is -0.143.